The summed E-state index contributed by atoms with van der Waals surface area (Å²) in [7, 11) is 1.63. The number of rotatable bonds is 4. The minimum Gasteiger partial charge on any atom is -0.493 e. The van der Waals surface area contributed by atoms with Crippen molar-refractivity contribution < 1.29 is 9.47 Å². The van der Waals surface area contributed by atoms with E-state index in [0.717, 1.165) is 16.7 Å². The molecule has 18 heavy (non-hydrogen) atoms. The Bertz CT molecular complexity index is 517. The van der Waals surface area contributed by atoms with Crippen LogP contribution in [0.5, 0.6) is 11.5 Å². The summed E-state index contributed by atoms with van der Waals surface area (Å²) in [6.45, 7) is 4.88. The zero-order chi connectivity index (χ0) is 12.3. The van der Waals surface area contributed by atoms with Crippen LogP contribution in [0.1, 0.15) is 13.8 Å². The van der Waals surface area contributed by atoms with Gasteiger partial charge in [0.15, 0.2) is 11.5 Å². The summed E-state index contributed by atoms with van der Waals surface area (Å²) < 4.78 is 11.0. The Kier molecular flexibility index (Phi) is 5.16. The first-order chi connectivity index (χ1) is 8.20. The number of fused-ring (bicyclic) bond motifs is 1. The minimum absolute atomic E-state index is 0. The third-order valence-corrected chi connectivity index (χ3v) is 2.36. The highest BCUT2D eigenvalue weighted by Gasteiger charge is 2.08. The Morgan fingerprint density at radius 3 is 2.67 bits per heavy atom. The Morgan fingerprint density at radius 1 is 1.22 bits per heavy atom. The molecule has 0 aliphatic carbocycles. The van der Waals surface area contributed by atoms with E-state index in [1.165, 1.54) is 6.33 Å². The highest BCUT2D eigenvalue weighted by atomic mass is 35.5. The molecule has 0 aliphatic rings. The molecule has 1 aromatic carbocycles. The van der Waals surface area contributed by atoms with E-state index >= 15 is 0 Å². The molecule has 0 fully saturated rings. The molecular weight excluding hydrogens is 252 g/mol. The average molecular weight is 269 g/mol. The van der Waals surface area contributed by atoms with Gasteiger partial charge in [-0.05, 0) is 12.0 Å². The molecule has 0 spiro atoms. The number of nitrogens with zero attached hydrogens (tertiary/aromatic N) is 2. The smallest absolute Gasteiger partial charge is 0.162 e. The molecule has 98 valence electrons. The Hall–Kier alpha value is -1.55. The van der Waals surface area contributed by atoms with Crippen LogP contribution in [0.15, 0.2) is 24.7 Å². The Labute approximate surface area is 113 Å². The van der Waals surface area contributed by atoms with Crippen molar-refractivity contribution in [3.63, 3.8) is 0 Å². The predicted octanol–water partition coefficient (Wildman–Crippen LogP) is 3.10. The first-order valence-corrected chi connectivity index (χ1v) is 5.61. The van der Waals surface area contributed by atoms with Crippen molar-refractivity contribution in [1.29, 1.82) is 0 Å². The maximum atomic E-state index is 5.72. The normalized spacial score (nSPS) is 10.2. The van der Waals surface area contributed by atoms with E-state index in [-0.39, 0.29) is 12.4 Å². The van der Waals surface area contributed by atoms with Crippen LogP contribution >= 0.6 is 12.4 Å². The minimum atomic E-state index is 0. The molecule has 0 unspecified atom stereocenters. The van der Waals surface area contributed by atoms with E-state index in [2.05, 4.69) is 23.8 Å². The van der Waals surface area contributed by atoms with Gasteiger partial charge in [-0.15, -0.1) is 12.4 Å². The fraction of sp³-hybridized carbons (Fsp3) is 0.385. The summed E-state index contributed by atoms with van der Waals surface area (Å²) in [5.41, 5.74) is 0.855. The van der Waals surface area contributed by atoms with Crippen molar-refractivity contribution in [3.8, 4) is 11.5 Å². The molecule has 0 saturated heterocycles. The zero-order valence-corrected chi connectivity index (χ0v) is 11.5. The molecule has 0 radical (unpaired) electrons. The monoisotopic (exact) mass is 268 g/mol. The fourth-order valence-corrected chi connectivity index (χ4v) is 1.52. The second-order valence-corrected chi connectivity index (χ2v) is 4.29. The molecule has 0 saturated carbocycles. The van der Waals surface area contributed by atoms with Crippen LogP contribution in [0.3, 0.4) is 0 Å². The van der Waals surface area contributed by atoms with E-state index < -0.39 is 0 Å². The van der Waals surface area contributed by atoms with Gasteiger partial charge in [0, 0.05) is 17.6 Å². The molecule has 5 heteroatoms. The Morgan fingerprint density at radius 2 is 2.00 bits per heavy atom. The van der Waals surface area contributed by atoms with Gasteiger partial charge < -0.3 is 9.47 Å². The molecule has 0 atom stereocenters. The number of halogens is 1. The number of methoxy groups -OCH3 is 1. The second-order valence-electron chi connectivity index (χ2n) is 4.29. The standard InChI is InChI=1S/C13H16N2O2.ClH/c1-9(2)7-17-13-4-10-6-14-8-15-11(10)5-12(13)16-3;/h4-6,8-9H,7H2,1-3H3;1H. The topological polar surface area (TPSA) is 44.2 Å². The highest BCUT2D eigenvalue weighted by Crippen LogP contribution is 2.31. The van der Waals surface area contributed by atoms with E-state index in [9.17, 15) is 0 Å². The summed E-state index contributed by atoms with van der Waals surface area (Å²) in [4.78, 5) is 8.18. The van der Waals surface area contributed by atoms with Crippen LogP contribution in [0.4, 0.5) is 0 Å². The van der Waals surface area contributed by atoms with Gasteiger partial charge in [-0.25, -0.2) is 9.97 Å². The maximum absolute atomic E-state index is 5.72. The second kappa shape index (κ2) is 6.40. The van der Waals surface area contributed by atoms with Gasteiger partial charge in [-0.3, -0.25) is 0 Å². The third kappa shape index (κ3) is 3.23. The number of hydrogen-bond acceptors (Lipinski definition) is 4. The predicted molar refractivity (Wildman–Crippen MR) is 73.7 cm³/mol. The lowest BCUT2D eigenvalue weighted by atomic mass is 10.2. The van der Waals surface area contributed by atoms with E-state index in [0.29, 0.717) is 18.3 Å². The van der Waals surface area contributed by atoms with Crippen molar-refractivity contribution in [2.45, 2.75) is 13.8 Å². The zero-order valence-electron chi connectivity index (χ0n) is 10.7. The van der Waals surface area contributed by atoms with Crippen molar-refractivity contribution in [3.05, 3.63) is 24.7 Å². The van der Waals surface area contributed by atoms with E-state index in [1.54, 1.807) is 13.3 Å². The summed E-state index contributed by atoms with van der Waals surface area (Å²) >= 11 is 0. The van der Waals surface area contributed by atoms with Crippen LogP contribution in [0.2, 0.25) is 0 Å². The van der Waals surface area contributed by atoms with E-state index in [4.69, 9.17) is 9.47 Å². The molecular formula is C13H17ClN2O2. The van der Waals surface area contributed by atoms with Crippen molar-refractivity contribution in [2.24, 2.45) is 5.92 Å². The first kappa shape index (κ1) is 14.5. The molecule has 0 aliphatic heterocycles. The van der Waals surface area contributed by atoms with Gasteiger partial charge in [-0.2, -0.15) is 0 Å². The van der Waals surface area contributed by atoms with Crippen LogP contribution in [0.25, 0.3) is 10.9 Å². The number of benzene rings is 1. The lowest BCUT2D eigenvalue weighted by Gasteiger charge is -2.13. The molecule has 0 amide bonds. The highest BCUT2D eigenvalue weighted by molar-refractivity contribution is 5.85. The molecule has 1 aromatic heterocycles. The molecule has 2 rings (SSSR count). The average Bonchev–Trinajstić information content (AvgIpc) is 2.35. The molecule has 0 N–H and O–H groups in total. The van der Waals surface area contributed by atoms with Crippen LogP contribution < -0.4 is 9.47 Å². The molecule has 4 nitrogen and oxygen atoms in total. The van der Waals surface area contributed by atoms with Gasteiger partial charge in [0.2, 0.25) is 0 Å². The summed E-state index contributed by atoms with van der Waals surface area (Å²) in [5.74, 6) is 1.92. The maximum Gasteiger partial charge on any atom is 0.162 e. The van der Waals surface area contributed by atoms with Gasteiger partial charge in [-0.1, -0.05) is 13.8 Å². The SMILES string of the molecule is COc1cc2ncncc2cc1OCC(C)C.Cl. The first-order valence-electron chi connectivity index (χ1n) is 5.61. The van der Waals surface area contributed by atoms with Gasteiger partial charge in [0.1, 0.15) is 6.33 Å². The van der Waals surface area contributed by atoms with Crippen molar-refractivity contribution >= 4 is 23.3 Å². The largest absolute Gasteiger partial charge is 0.493 e. The molecule has 0 bridgehead atoms. The third-order valence-electron chi connectivity index (χ3n) is 2.36. The Balaban J connectivity index is 0.00000162. The molecule has 2 aromatic rings. The van der Waals surface area contributed by atoms with E-state index in [1.807, 2.05) is 12.1 Å². The van der Waals surface area contributed by atoms with Crippen molar-refractivity contribution in [2.75, 3.05) is 13.7 Å². The number of aromatic nitrogens is 2. The summed E-state index contributed by atoms with van der Waals surface area (Å²) in [6.07, 6.45) is 3.29. The van der Waals surface area contributed by atoms with Crippen LogP contribution in [-0.2, 0) is 0 Å². The number of hydrogen-bond donors (Lipinski definition) is 0. The summed E-state index contributed by atoms with van der Waals surface area (Å²) in [6, 6.07) is 3.78. The lowest BCUT2D eigenvalue weighted by Crippen LogP contribution is -2.05. The van der Waals surface area contributed by atoms with Crippen molar-refractivity contribution in [1.82, 2.24) is 9.97 Å². The lowest BCUT2D eigenvalue weighted by molar-refractivity contribution is 0.257. The van der Waals surface area contributed by atoms with Crippen LogP contribution in [-0.4, -0.2) is 23.7 Å². The quantitative estimate of drug-likeness (QED) is 0.855. The van der Waals surface area contributed by atoms with Gasteiger partial charge in [0.05, 0.1) is 19.2 Å². The van der Waals surface area contributed by atoms with Crippen LogP contribution in [0, 0.1) is 5.92 Å². The summed E-state index contributed by atoms with van der Waals surface area (Å²) in [5, 5.41) is 0.951. The fourth-order valence-electron chi connectivity index (χ4n) is 1.52. The number of ether oxygens (including phenoxy) is 2. The molecule has 1 heterocycles. The van der Waals surface area contributed by atoms with Gasteiger partial charge in [0.25, 0.3) is 0 Å². The van der Waals surface area contributed by atoms with Gasteiger partial charge >= 0.3 is 0 Å².